The first-order chi connectivity index (χ1) is 9.65. The van der Waals surface area contributed by atoms with Crippen molar-refractivity contribution in [1.29, 1.82) is 0 Å². The van der Waals surface area contributed by atoms with Gasteiger partial charge in [0, 0.05) is 0 Å². The number of amides is 1. The van der Waals surface area contributed by atoms with Crippen molar-refractivity contribution in [2.45, 2.75) is 13.5 Å². The van der Waals surface area contributed by atoms with Gasteiger partial charge >= 0.3 is 0 Å². The number of benzene rings is 1. The van der Waals surface area contributed by atoms with E-state index in [2.05, 4.69) is 0 Å². The number of carbonyl (C=O) groups is 1. The molecule has 5 heteroatoms. The molecule has 20 heavy (non-hydrogen) atoms. The minimum absolute atomic E-state index is 0.0994. The quantitative estimate of drug-likeness (QED) is 0.794. The number of rotatable bonds is 5. The van der Waals surface area contributed by atoms with E-state index in [0.717, 1.165) is 5.56 Å². The molecule has 106 valence electrons. The zero-order chi connectivity index (χ0) is 14.5. The fourth-order valence-electron chi connectivity index (χ4n) is 1.95. The zero-order valence-corrected chi connectivity index (χ0v) is 12.2. The average Bonchev–Trinajstić information content (AvgIpc) is 2.97. The third-order valence-electron chi connectivity index (χ3n) is 2.93. The van der Waals surface area contributed by atoms with Gasteiger partial charge in [-0.05, 0) is 36.8 Å². The van der Waals surface area contributed by atoms with Gasteiger partial charge in [0.05, 0.1) is 25.6 Å². The van der Waals surface area contributed by atoms with E-state index in [1.54, 1.807) is 24.3 Å². The van der Waals surface area contributed by atoms with Gasteiger partial charge in [0.2, 0.25) is 5.91 Å². The van der Waals surface area contributed by atoms with Crippen LogP contribution in [0.25, 0.3) is 0 Å². The lowest BCUT2D eigenvalue weighted by atomic mass is 10.2. The van der Waals surface area contributed by atoms with Gasteiger partial charge in [-0.2, -0.15) is 0 Å². The Morgan fingerprint density at radius 3 is 2.80 bits per heavy atom. The summed E-state index contributed by atoms with van der Waals surface area (Å²) in [6.45, 7) is 2.28. The molecule has 2 aromatic rings. The molecule has 2 rings (SSSR count). The van der Waals surface area contributed by atoms with E-state index in [4.69, 9.17) is 20.8 Å². The molecule has 0 saturated heterocycles. The van der Waals surface area contributed by atoms with Crippen LogP contribution < -0.4 is 9.64 Å². The normalized spacial score (nSPS) is 10.3. The molecule has 1 aromatic carbocycles. The first-order valence-corrected chi connectivity index (χ1v) is 6.72. The Bertz CT molecular complexity index is 581. The summed E-state index contributed by atoms with van der Waals surface area (Å²) in [5.41, 5.74) is 1.72. The Morgan fingerprint density at radius 1 is 1.40 bits per heavy atom. The molecule has 1 aromatic heterocycles. The van der Waals surface area contributed by atoms with E-state index in [0.29, 0.717) is 23.7 Å². The van der Waals surface area contributed by atoms with E-state index in [1.807, 2.05) is 31.2 Å². The van der Waals surface area contributed by atoms with Gasteiger partial charge in [-0.15, -0.1) is 11.6 Å². The number of anilines is 1. The predicted octanol–water partition coefficient (Wildman–Crippen LogP) is 3.37. The Morgan fingerprint density at radius 2 is 2.20 bits per heavy atom. The number of nitrogens with zero attached hydrogens (tertiary/aromatic N) is 1. The van der Waals surface area contributed by atoms with Crippen molar-refractivity contribution in [2.24, 2.45) is 0 Å². The number of halogens is 1. The summed E-state index contributed by atoms with van der Waals surface area (Å²) in [5.74, 6) is 1.01. The van der Waals surface area contributed by atoms with E-state index in [9.17, 15) is 4.79 Å². The highest BCUT2D eigenvalue weighted by atomic mass is 35.5. The van der Waals surface area contributed by atoms with Crippen LogP contribution in [0.15, 0.2) is 41.0 Å². The highest BCUT2D eigenvalue weighted by Gasteiger charge is 2.20. The maximum atomic E-state index is 12.1. The van der Waals surface area contributed by atoms with Gasteiger partial charge < -0.3 is 14.1 Å². The van der Waals surface area contributed by atoms with Crippen molar-refractivity contribution >= 4 is 23.2 Å². The van der Waals surface area contributed by atoms with Gasteiger partial charge in [0.1, 0.15) is 17.4 Å². The van der Waals surface area contributed by atoms with Crippen LogP contribution in [0.2, 0.25) is 0 Å². The van der Waals surface area contributed by atoms with Crippen molar-refractivity contribution in [3.63, 3.8) is 0 Å². The molecule has 0 aliphatic heterocycles. The molecule has 0 radical (unpaired) electrons. The number of methoxy groups -OCH3 is 1. The smallest absolute Gasteiger partial charge is 0.242 e. The van der Waals surface area contributed by atoms with Crippen LogP contribution in [0, 0.1) is 6.92 Å². The minimum atomic E-state index is -0.202. The Labute approximate surface area is 122 Å². The number of alkyl halides is 1. The fourth-order valence-corrected chi connectivity index (χ4v) is 2.09. The maximum Gasteiger partial charge on any atom is 0.242 e. The Balaban J connectivity index is 2.40. The molecular weight excluding hydrogens is 278 g/mol. The van der Waals surface area contributed by atoms with Crippen molar-refractivity contribution in [1.82, 2.24) is 0 Å². The Kier molecular flexibility index (Phi) is 4.69. The molecular formula is C15H16ClNO3. The van der Waals surface area contributed by atoms with Crippen LogP contribution in [0.4, 0.5) is 5.69 Å². The van der Waals surface area contributed by atoms with Crippen LogP contribution >= 0.6 is 11.6 Å². The van der Waals surface area contributed by atoms with Gasteiger partial charge in [-0.3, -0.25) is 4.79 Å². The van der Waals surface area contributed by atoms with Gasteiger partial charge in [0.25, 0.3) is 0 Å². The van der Waals surface area contributed by atoms with E-state index in [-0.39, 0.29) is 11.8 Å². The second-order valence-electron chi connectivity index (χ2n) is 4.37. The predicted molar refractivity (Wildman–Crippen MR) is 78.3 cm³/mol. The fraction of sp³-hybridized carbons (Fsp3) is 0.267. The number of ether oxygens (including phenoxy) is 1. The summed E-state index contributed by atoms with van der Waals surface area (Å²) in [7, 11) is 1.57. The molecule has 4 nitrogen and oxygen atoms in total. The van der Waals surface area contributed by atoms with Gasteiger partial charge in [-0.25, -0.2) is 0 Å². The van der Waals surface area contributed by atoms with Crippen LogP contribution in [0.1, 0.15) is 11.3 Å². The van der Waals surface area contributed by atoms with Crippen LogP contribution in [-0.2, 0) is 11.3 Å². The summed E-state index contributed by atoms with van der Waals surface area (Å²) in [6.07, 6.45) is 1.58. The van der Waals surface area contributed by atoms with Crippen molar-refractivity contribution in [3.05, 3.63) is 47.9 Å². The molecule has 0 aliphatic carbocycles. The first kappa shape index (κ1) is 14.5. The second-order valence-corrected chi connectivity index (χ2v) is 4.64. The number of hydrogen-bond donors (Lipinski definition) is 0. The maximum absolute atomic E-state index is 12.1. The monoisotopic (exact) mass is 293 g/mol. The molecule has 0 unspecified atom stereocenters. The Hall–Kier alpha value is -1.94. The molecule has 0 saturated carbocycles. The number of carbonyl (C=O) groups excluding carboxylic acids is 1. The van der Waals surface area contributed by atoms with Crippen molar-refractivity contribution in [2.75, 3.05) is 17.9 Å². The second kappa shape index (κ2) is 6.48. The molecule has 0 aliphatic rings. The number of furan rings is 1. The zero-order valence-electron chi connectivity index (χ0n) is 11.4. The number of hydrogen-bond acceptors (Lipinski definition) is 3. The average molecular weight is 294 g/mol. The molecule has 1 amide bonds. The summed E-state index contributed by atoms with van der Waals surface area (Å²) in [5, 5.41) is 0. The lowest BCUT2D eigenvalue weighted by Crippen LogP contribution is -2.31. The van der Waals surface area contributed by atoms with Crippen LogP contribution in [0.5, 0.6) is 5.75 Å². The summed E-state index contributed by atoms with van der Waals surface area (Å²) >= 11 is 5.71. The van der Waals surface area contributed by atoms with Crippen molar-refractivity contribution < 1.29 is 13.9 Å². The topological polar surface area (TPSA) is 42.7 Å². The standard InChI is InChI=1S/C15H16ClNO3/c1-11-5-6-14(19-2)13(8-11)17(15(18)9-16)10-12-4-3-7-20-12/h3-8H,9-10H2,1-2H3. The highest BCUT2D eigenvalue weighted by Crippen LogP contribution is 2.30. The molecule has 0 fully saturated rings. The van der Waals surface area contributed by atoms with Crippen molar-refractivity contribution in [3.8, 4) is 5.75 Å². The molecule has 1 heterocycles. The first-order valence-electron chi connectivity index (χ1n) is 6.19. The number of aryl methyl sites for hydroxylation is 1. The van der Waals surface area contributed by atoms with E-state index in [1.165, 1.54) is 0 Å². The third kappa shape index (κ3) is 3.14. The van der Waals surface area contributed by atoms with E-state index >= 15 is 0 Å². The molecule has 0 atom stereocenters. The summed E-state index contributed by atoms with van der Waals surface area (Å²) in [4.78, 5) is 13.7. The summed E-state index contributed by atoms with van der Waals surface area (Å²) in [6, 6.07) is 9.26. The molecule has 0 N–H and O–H groups in total. The SMILES string of the molecule is COc1ccc(C)cc1N(Cc1ccco1)C(=O)CCl. The highest BCUT2D eigenvalue weighted by molar-refractivity contribution is 6.29. The minimum Gasteiger partial charge on any atom is -0.495 e. The third-order valence-corrected chi connectivity index (χ3v) is 3.16. The largest absolute Gasteiger partial charge is 0.495 e. The van der Waals surface area contributed by atoms with Gasteiger partial charge in [-0.1, -0.05) is 6.07 Å². The van der Waals surface area contributed by atoms with Gasteiger partial charge in [0.15, 0.2) is 0 Å². The summed E-state index contributed by atoms with van der Waals surface area (Å²) < 4.78 is 10.6. The lowest BCUT2D eigenvalue weighted by Gasteiger charge is -2.23. The molecule has 0 bridgehead atoms. The van der Waals surface area contributed by atoms with E-state index < -0.39 is 0 Å². The lowest BCUT2D eigenvalue weighted by molar-refractivity contribution is -0.116. The molecule has 0 spiro atoms. The van der Waals surface area contributed by atoms with Crippen LogP contribution in [0.3, 0.4) is 0 Å². The van der Waals surface area contributed by atoms with Crippen LogP contribution in [-0.4, -0.2) is 18.9 Å².